The van der Waals surface area contributed by atoms with Gasteiger partial charge in [-0.25, -0.2) is 4.39 Å². The van der Waals surface area contributed by atoms with E-state index in [4.69, 9.17) is 0 Å². The second-order valence-electron chi connectivity index (χ2n) is 4.46. The van der Waals surface area contributed by atoms with Gasteiger partial charge in [0.05, 0.1) is 0 Å². The standard InChI is InChI=1S/C16H17BrFNS/c1-2-9-19-11-12-7-8-13(10-14(12)17)20-16-6-4-3-5-15(16)18/h3-8,10,19H,2,9,11H2,1H3. The monoisotopic (exact) mass is 353 g/mol. The van der Waals surface area contributed by atoms with Gasteiger partial charge in [-0.2, -0.15) is 0 Å². The highest BCUT2D eigenvalue weighted by Gasteiger charge is 2.06. The van der Waals surface area contributed by atoms with Gasteiger partial charge in [-0.3, -0.25) is 0 Å². The van der Waals surface area contributed by atoms with Crippen LogP contribution in [0.5, 0.6) is 0 Å². The van der Waals surface area contributed by atoms with E-state index in [1.807, 2.05) is 18.2 Å². The van der Waals surface area contributed by atoms with E-state index < -0.39 is 0 Å². The van der Waals surface area contributed by atoms with Gasteiger partial charge in [0.2, 0.25) is 0 Å². The van der Waals surface area contributed by atoms with Crippen LogP contribution in [0.15, 0.2) is 56.7 Å². The molecule has 0 aliphatic rings. The SMILES string of the molecule is CCCNCc1ccc(Sc2ccccc2F)cc1Br. The van der Waals surface area contributed by atoms with Crippen molar-refractivity contribution in [1.29, 1.82) is 0 Å². The lowest BCUT2D eigenvalue weighted by Gasteiger charge is -2.08. The molecular weight excluding hydrogens is 337 g/mol. The van der Waals surface area contributed by atoms with Crippen molar-refractivity contribution in [3.63, 3.8) is 0 Å². The first-order valence-electron chi connectivity index (χ1n) is 6.62. The number of hydrogen-bond acceptors (Lipinski definition) is 2. The second-order valence-corrected chi connectivity index (χ2v) is 6.43. The Kier molecular flexibility index (Phi) is 6.07. The Bertz CT molecular complexity index is 574. The zero-order valence-electron chi connectivity index (χ0n) is 11.3. The normalized spacial score (nSPS) is 10.8. The highest BCUT2D eigenvalue weighted by molar-refractivity contribution is 9.10. The first-order valence-corrected chi connectivity index (χ1v) is 8.23. The van der Waals surface area contributed by atoms with E-state index in [0.717, 1.165) is 28.9 Å². The Labute approximate surface area is 132 Å². The summed E-state index contributed by atoms with van der Waals surface area (Å²) in [5.41, 5.74) is 1.22. The average Bonchev–Trinajstić information content (AvgIpc) is 2.44. The molecule has 0 aliphatic heterocycles. The summed E-state index contributed by atoms with van der Waals surface area (Å²) in [5.74, 6) is -0.178. The van der Waals surface area contributed by atoms with Crippen LogP contribution in [0.25, 0.3) is 0 Å². The lowest BCUT2D eigenvalue weighted by molar-refractivity contribution is 0.602. The molecule has 0 saturated heterocycles. The Morgan fingerprint density at radius 1 is 1.20 bits per heavy atom. The molecule has 0 radical (unpaired) electrons. The summed E-state index contributed by atoms with van der Waals surface area (Å²) in [5, 5.41) is 3.37. The number of nitrogens with one attached hydrogen (secondary N) is 1. The first kappa shape index (κ1) is 15.5. The van der Waals surface area contributed by atoms with Crippen LogP contribution in [0.3, 0.4) is 0 Å². The van der Waals surface area contributed by atoms with Gasteiger partial charge in [0, 0.05) is 20.8 Å². The van der Waals surface area contributed by atoms with E-state index in [1.165, 1.54) is 23.4 Å². The predicted octanol–water partition coefficient (Wildman–Crippen LogP) is 5.24. The summed E-state index contributed by atoms with van der Waals surface area (Å²) in [6, 6.07) is 13.0. The minimum Gasteiger partial charge on any atom is -0.313 e. The van der Waals surface area contributed by atoms with Gasteiger partial charge in [-0.05, 0) is 42.8 Å². The van der Waals surface area contributed by atoms with E-state index in [9.17, 15) is 4.39 Å². The summed E-state index contributed by atoms with van der Waals surface area (Å²) in [6.45, 7) is 4.01. The molecule has 0 heterocycles. The van der Waals surface area contributed by atoms with Crippen molar-refractivity contribution < 1.29 is 4.39 Å². The van der Waals surface area contributed by atoms with Gasteiger partial charge in [-0.1, -0.05) is 52.8 Å². The fourth-order valence-corrected chi connectivity index (χ4v) is 3.34. The van der Waals surface area contributed by atoms with Crippen molar-refractivity contribution in [2.45, 2.75) is 29.7 Å². The maximum absolute atomic E-state index is 13.6. The molecule has 1 nitrogen and oxygen atoms in total. The smallest absolute Gasteiger partial charge is 0.137 e. The Morgan fingerprint density at radius 3 is 2.70 bits per heavy atom. The summed E-state index contributed by atoms with van der Waals surface area (Å²) >= 11 is 5.02. The fourth-order valence-electron chi connectivity index (χ4n) is 1.79. The van der Waals surface area contributed by atoms with Gasteiger partial charge in [0.15, 0.2) is 0 Å². The largest absolute Gasteiger partial charge is 0.313 e. The molecule has 0 aromatic heterocycles. The van der Waals surface area contributed by atoms with Crippen molar-refractivity contribution >= 4 is 27.7 Å². The van der Waals surface area contributed by atoms with Crippen LogP contribution in [0.1, 0.15) is 18.9 Å². The van der Waals surface area contributed by atoms with Crippen LogP contribution in [-0.4, -0.2) is 6.54 Å². The van der Waals surface area contributed by atoms with E-state index in [1.54, 1.807) is 12.1 Å². The van der Waals surface area contributed by atoms with Gasteiger partial charge in [0.25, 0.3) is 0 Å². The van der Waals surface area contributed by atoms with Crippen LogP contribution in [-0.2, 0) is 6.54 Å². The second kappa shape index (κ2) is 7.81. The molecule has 2 aromatic rings. The molecule has 0 fully saturated rings. The van der Waals surface area contributed by atoms with Crippen molar-refractivity contribution in [3.8, 4) is 0 Å². The quantitative estimate of drug-likeness (QED) is 0.712. The minimum atomic E-state index is -0.178. The predicted molar refractivity (Wildman–Crippen MR) is 86.7 cm³/mol. The first-order chi connectivity index (χ1) is 9.70. The molecule has 0 saturated carbocycles. The summed E-state index contributed by atoms with van der Waals surface area (Å²) in [6.07, 6.45) is 1.12. The van der Waals surface area contributed by atoms with E-state index in [2.05, 4.69) is 34.2 Å². The molecule has 0 spiro atoms. The maximum atomic E-state index is 13.6. The molecule has 2 aromatic carbocycles. The minimum absolute atomic E-state index is 0.178. The van der Waals surface area contributed by atoms with E-state index >= 15 is 0 Å². The summed E-state index contributed by atoms with van der Waals surface area (Å²) in [4.78, 5) is 1.68. The number of hydrogen-bond donors (Lipinski definition) is 1. The Morgan fingerprint density at radius 2 is 2.00 bits per heavy atom. The molecule has 0 bridgehead atoms. The number of halogens is 2. The lowest BCUT2D eigenvalue weighted by atomic mass is 10.2. The van der Waals surface area contributed by atoms with Crippen molar-refractivity contribution in [2.24, 2.45) is 0 Å². The van der Waals surface area contributed by atoms with Crippen LogP contribution in [0.2, 0.25) is 0 Å². The van der Waals surface area contributed by atoms with Crippen molar-refractivity contribution in [1.82, 2.24) is 5.32 Å². The molecule has 0 unspecified atom stereocenters. The molecule has 0 aliphatic carbocycles. The topological polar surface area (TPSA) is 12.0 Å². The molecule has 20 heavy (non-hydrogen) atoms. The fraction of sp³-hybridized carbons (Fsp3) is 0.250. The Hall–Kier alpha value is -0.840. The van der Waals surface area contributed by atoms with Crippen molar-refractivity contribution in [2.75, 3.05) is 6.54 Å². The number of rotatable bonds is 6. The third kappa shape index (κ3) is 4.33. The zero-order chi connectivity index (χ0) is 14.4. The van der Waals surface area contributed by atoms with Crippen LogP contribution < -0.4 is 5.32 Å². The van der Waals surface area contributed by atoms with Gasteiger partial charge in [0.1, 0.15) is 5.82 Å². The molecule has 4 heteroatoms. The molecule has 106 valence electrons. The summed E-state index contributed by atoms with van der Waals surface area (Å²) in [7, 11) is 0. The molecule has 2 rings (SSSR count). The van der Waals surface area contributed by atoms with Crippen LogP contribution >= 0.6 is 27.7 Å². The zero-order valence-corrected chi connectivity index (χ0v) is 13.7. The highest BCUT2D eigenvalue weighted by atomic mass is 79.9. The van der Waals surface area contributed by atoms with Gasteiger partial charge < -0.3 is 5.32 Å². The molecule has 0 amide bonds. The highest BCUT2D eigenvalue weighted by Crippen LogP contribution is 2.32. The maximum Gasteiger partial charge on any atom is 0.137 e. The lowest BCUT2D eigenvalue weighted by Crippen LogP contribution is -2.14. The van der Waals surface area contributed by atoms with Crippen molar-refractivity contribution in [3.05, 3.63) is 58.3 Å². The Balaban J connectivity index is 2.07. The van der Waals surface area contributed by atoms with Gasteiger partial charge >= 0.3 is 0 Å². The number of benzene rings is 2. The molecule has 0 atom stereocenters. The third-order valence-corrected chi connectivity index (χ3v) is 4.61. The summed E-state index contributed by atoms with van der Waals surface area (Å²) < 4.78 is 14.7. The molecular formula is C16H17BrFNS. The van der Waals surface area contributed by atoms with Crippen LogP contribution in [0.4, 0.5) is 4.39 Å². The van der Waals surface area contributed by atoms with E-state index in [-0.39, 0.29) is 5.82 Å². The van der Waals surface area contributed by atoms with E-state index in [0.29, 0.717) is 4.90 Å². The third-order valence-electron chi connectivity index (χ3n) is 2.83. The van der Waals surface area contributed by atoms with Gasteiger partial charge in [-0.15, -0.1) is 0 Å². The molecule has 1 N–H and O–H groups in total. The average molecular weight is 354 g/mol. The van der Waals surface area contributed by atoms with Crippen LogP contribution in [0, 0.1) is 5.82 Å².